The van der Waals surface area contributed by atoms with Crippen LogP contribution in [0.2, 0.25) is 0 Å². The molecule has 1 N–H and O–H groups in total. The molecule has 2 saturated heterocycles. The minimum atomic E-state index is 0.0253. The smallest absolute Gasteiger partial charge is 0.270 e. The molecule has 0 atom stereocenters. The largest absolute Gasteiger partial charge is 0.357 e. The predicted molar refractivity (Wildman–Crippen MR) is 92.7 cm³/mol. The first-order valence-corrected chi connectivity index (χ1v) is 9.01. The van der Waals surface area contributed by atoms with Crippen LogP contribution in [0.15, 0.2) is 18.3 Å². The van der Waals surface area contributed by atoms with Crippen molar-refractivity contribution in [1.82, 2.24) is 19.7 Å². The van der Waals surface area contributed by atoms with Gasteiger partial charge in [0.05, 0.1) is 0 Å². The van der Waals surface area contributed by atoms with Crippen LogP contribution in [0.3, 0.4) is 0 Å². The molecule has 2 fully saturated rings. The number of likely N-dealkylation sites (tertiary alicyclic amines) is 1. The number of rotatable bonds is 3. The molecule has 0 unspecified atom stereocenters. The van der Waals surface area contributed by atoms with Gasteiger partial charge >= 0.3 is 0 Å². The first-order chi connectivity index (χ1) is 11.6. The van der Waals surface area contributed by atoms with Crippen LogP contribution in [0.4, 0.5) is 0 Å². The summed E-state index contributed by atoms with van der Waals surface area (Å²) in [4.78, 5) is 34.2. The average Bonchev–Trinajstić information content (AvgIpc) is 3.15. The molecule has 0 bridgehead atoms. The second kappa shape index (κ2) is 7.38. The third-order valence-corrected chi connectivity index (χ3v) is 5.32. The highest BCUT2D eigenvalue weighted by Crippen LogP contribution is 2.22. The second-order valence-corrected chi connectivity index (χ2v) is 7.11. The van der Waals surface area contributed by atoms with Crippen molar-refractivity contribution in [3.8, 4) is 0 Å². The van der Waals surface area contributed by atoms with E-state index in [-0.39, 0.29) is 17.7 Å². The lowest BCUT2D eigenvalue weighted by atomic mass is 9.94. The summed E-state index contributed by atoms with van der Waals surface area (Å²) in [6.07, 6.45) is 3.67. The number of aromatic nitrogens is 1. The molecule has 0 saturated carbocycles. The zero-order valence-electron chi connectivity index (χ0n) is 14.7. The number of hydrogen-bond acceptors (Lipinski definition) is 3. The molecule has 2 amide bonds. The van der Waals surface area contributed by atoms with Crippen molar-refractivity contribution in [3.05, 3.63) is 24.0 Å². The summed E-state index contributed by atoms with van der Waals surface area (Å²) in [5.41, 5.74) is 0.621. The number of carbonyl (C=O) groups is 2. The zero-order chi connectivity index (χ0) is 17.1. The maximum absolute atomic E-state index is 12.7. The van der Waals surface area contributed by atoms with Gasteiger partial charge in [-0.1, -0.05) is 0 Å². The number of H-pyrrole nitrogens is 1. The van der Waals surface area contributed by atoms with Gasteiger partial charge in [-0.25, -0.2) is 0 Å². The molecule has 6 heteroatoms. The van der Waals surface area contributed by atoms with Crippen LogP contribution in [0.1, 0.15) is 37.2 Å². The molecule has 0 radical (unpaired) electrons. The van der Waals surface area contributed by atoms with Crippen LogP contribution in [-0.2, 0) is 4.79 Å². The van der Waals surface area contributed by atoms with E-state index in [2.05, 4.69) is 23.7 Å². The predicted octanol–water partition coefficient (Wildman–Crippen LogP) is 1.42. The number of aromatic amines is 1. The molecule has 24 heavy (non-hydrogen) atoms. The Morgan fingerprint density at radius 2 is 1.67 bits per heavy atom. The number of nitrogens with zero attached hydrogens (tertiary/aromatic N) is 3. The SMILES string of the molecule is CC(C)N1CCC(C(=O)N2CCN(C(=O)c3ccc[nH]3)CC2)CC1. The lowest BCUT2D eigenvalue weighted by Gasteiger charge is -2.39. The van der Waals surface area contributed by atoms with E-state index in [1.54, 1.807) is 12.3 Å². The molecule has 1 aromatic heterocycles. The van der Waals surface area contributed by atoms with Gasteiger partial charge in [0.25, 0.3) is 5.91 Å². The highest BCUT2D eigenvalue weighted by molar-refractivity contribution is 5.92. The maximum Gasteiger partial charge on any atom is 0.270 e. The zero-order valence-corrected chi connectivity index (χ0v) is 14.7. The maximum atomic E-state index is 12.7. The molecular formula is C18H28N4O2. The van der Waals surface area contributed by atoms with Crippen molar-refractivity contribution in [2.45, 2.75) is 32.7 Å². The summed E-state index contributed by atoms with van der Waals surface area (Å²) in [7, 11) is 0. The Morgan fingerprint density at radius 1 is 1.04 bits per heavy atom. The molecule has 132 valence electrons. The number of carbonyl (C=O) groups excluding carboxylic acids is 2. The fourth-order valence-corrected chi connectivity index (χ4v) is 3.68. The van der Waals surface area contributed by atoms with E-state index in [1.165, 1.54) is 0 Å². The van der Waals surface area contributed by atoms with Gasteiger partial charge in [-0.15, -0.1) is 0 Å². The van der Waals surface area contributed by atoms with Gasteiger partial charge in [-0.05, 0) is 51.9 Å². The van der Waals surface area contributed by atoms with Gasteiger partial charge in [0, 0.05) is 44.3 Å². The minimum absolute atomic E-state index is 0.0253. The van der Waals surface area contributed by atoms with Gasteiger partial charge in [-0.3, -0.25) is 9.59 Å². The Hall–Kier alpha value is -1.82. The molecule has 1 aromatic rings. The second-order valence-electron chi connectivity index (χ2n) is 7.11. The quantitative estimate of drug-likeness (QED) is 0.911. The molecule has 2 aliphatic rings. The molecular weight excluding hydrogens is 304 g/mol. The van der Waals surface area contributed by atoms with Crippen LogP contribution in [0, 0.1) is 5.92 Å². The lowest BCUT2D eigenvalue weighted by molar-refractivity contribution is -0.138. The van der Waals surface area contributed by atoms with Gasteiger partial charge < -0.3 is 19.7 Å². The van der Waals surface area contributed by atoms with Crippen molar-refractivity contribution >= 4 is 11.8 Å². The lowest BCUT2D eigenvalue weighted by Crippen LogP contribution is -2.53. The Bertz CT molecular complexity index is 554. The van der Waals surface area contributed by atoms with Gasteiger partial charge in [0.1, 0.15) is 5.69 Å². The summed E-state index contributed by atoms with van der Waals surface area (Å²) in [5, 5.41) is 0. The summed E-state index contributed by atoms with van der Waals surface area (Å²) in [5.74, 6) is 0.466. The number of piperazine rings is 1. The number of hydrogen-bond donors (Lipinski definition) is 1. The molecule has 2 aliphatic heterocycles. The molecule has 3 rings (SSSR count). The third kappa shape index (κ3) is 3.64. The van der Waals surface area contributed by atoms with Crippen molar-refractivity contribution < 1.29 is 9.59 Å². The van der Waals surface area contributed by atoms with E-state index < -0.39 is 0 Å². The summed E-state index contributed by atoms with van der Waals surface area (Å²) >= 11 is 0. The first-order valence-electron chi connectivity index (χ1n) is 9.01. The third-order valence-electron chi connectivity index (χ3n) is 5.32. The summed E-state index contributed by atoms with van der Waals surface area (Å²) in [6, 6.07) is 4.18. The van der Waals surface area contributed by atoms with Crippen LogP contribution >= 0.6 is 0 Å². The fraction of sp³-hybridized carbons (Fsp3) is 0.667. The van der Waals surface area contributed by atoms with Crippen molar-refractivity contribution in [3.63, 3.8) is 0 Å². The molecule has 0 spiro atoms. The highest BCUT2D eigenvalue weighted by Gasteiger charge is 2.32. The normalized spacial score (nSPS) is 20.6. The standard InChI is InChI=1S/C18H28N4O2/c1-14(2)20-8-5-15(6-9-20)17(23)21-10-12-22(13-11-21)18(24)16-4-3-7-19-16/h3-4,7,14-15,19H,5-6,8-13H2,1-2H3. The van der Waals surface area contributed by atoms with Crippen LogP contribution in [-0.4, -0.2) is 76.8 Å². The Morgan fingerprint density at radius 3 is 2.21 bits per heavy atom. The number of amides is 2. The minimum Gasteiger partial charge on any atom is -0.357 e. The van der Waals surface area contributed by atoms with E-state index in [4.69, 9.17) is 0 Å². The van der Waals surface area contributed by atoms with E-state index >= 15 is 0 Å². The molecule has 0 aliphatic carbocycles. The number of piperidine rings is 1. The number of nitrogens with one attached hydrogen (secondary N) is 1. The Balaban J connectivity index is 1.48. The van der Waals surface area contributed by atoms with Crippen molar-refractivity contribution in [2.24, 2.45) is 5.92 Å². The van der Waals surface area contributed by atoms with E-state index in [9.17, 15) is 9.59 Å². The molecule has 0 aromatic carbocycles. The van der Waals surface area contributed by atoms with Crippen molar-refractivity contribution in [1.29, 1.82) is 0 Å². The van der Waals surface area contributed by atoms with E-state index in [0.29, 0.717) is 37.9 Å². The van der Waals surface area contributed by atoms with Gasteiger partial charge in [-0.2, -0.15) is 0 Å². The topological polar surface area (TPSA) is 59.7 Å². The van der Waals surface area contributed by atoms with Crippen LogP contribution < -0.4 is 0 Å². The van der Waals surface area contributed by atoms with Gasteiger partial charge in [0.2, 0.25) is 5.91 Å². The first kappa shape index (κ1) is 17.0. The van der Waals surface area contributed by atoms with Crippen LogP contribution in [0.25, 0.3) is 0 Å². The highest BCUT2D eigenvalue weighted by atomic mass is 16.2. The van der Waals surface area contributed by atoms with E-state index in [0.717, 1.165) is 25.9 Å². The Labute approximate surface area is 143 Å². The van der Waals surface area contributed by atoms with E-state index in [1.807, 2.05) is 15.9 Å². The average molecular weight is 332 g/mol. The monoisotopic (exact) mass is 332 g/mol. The molecule has 6 nitrogen and oxygen atoms in total. The Kier molecular flexibility index (Phi) is 5.23. The summed E-state index contributed by atoms with van der Waals surface area (Å²) < 4.78 is 0. The summed E-state index contributed by atoms with van der Waals surface area (Å²) in [6.45, 7) is 8.98. The van der Waals surface area contributed by atoms with Crippen LogP contribution in [0.5, 0.6) is 0 Å². The fourth-order valence-electron chi connectivity index (χ4n) is 3.68. The van der Waals surface area contributed by atoms with Crippen molar-refractivity contribution in [2.75, 3.05) is 39.3 Å². The van der Waals surface area contributed by atoms with Gasteiger partial charge in [0.15, 0.2) is 0 Å². The molecule has 3 heterocycles.